The van der Waals surface area contributed by atoms with Crippen LogP contribution < -0.4 is 4.90 Å². The first-order valence-electron chi connectivity index (χ1n) is 7.75. The summed E-state index contributed by atoms with van der Waals surface area (Å²) in [7, 11) is 0. The van der Waals surface area contributed by atoms with Crippen LogP contribution in [-0.4, -0.2) is 25.6 Å². The first kappa shape index (κ1) is 15.6. The fourth-order valence-corrected chi connectivity index (χ4v) is 3.80. The lowest BCUT2D eigenvalue weighted by Gasteiger charge is -2.30. The zero-order chi connectivity index (χ0) is 17.4. The zero-order valence-electron chi connectivity index (χ0n) is 13.5. The van der Waals surface area contributed by atoms with Crippen LogP contribution in [0.5, 0.6) is 0 Å². The number of hydrogen-bond donors (Lipinski definition) is 0. The number of thioether (sulfide) groups is 1. The van der Waals surface area contributed by atoms with Crippen molar-refractivity contribution in [3.8, 4) is 11.4 Å². The number of hydrogen-bond acceptors (Lipinski definition) is 6. The predicted molar refractivity (Wildman–Crippen MR) is 96.5 cm³/mol. The molecule has 0 spiro atoms. The number of aryl methyl sites for hydroxylation is 1. The second-order valence-corrected chi connectivity index (χ2v) is 6.69. The molecule has 0 N–H and O–H groups in total. The van der Waals surface area contributed by atoms with Crippen molar-refractivity contribution in [2.24, 2.45) is 0 Å². The van der Waals surface area contributed by atoms with Gasteiger partial charge in [0.15, 0.2) is 11.0 Å². The second kappa shape index (κ2) is 6.21. The van der Waals surface area contributed by atoms with Crippen LogP contribution in [0, 0.1) is 17.0 Å². The van der Waals surface area contributed by atoms with E-state index in [2.05, 4.69) is 34.2 Å². The number of rotatable bonds is 3. The molecule has 1 aromatic heterocycles. The molecule has 8 heteroatoms. The third kappa shape index (κ3) is 2.85. The number of benzene rings is 2. The fraction of sp³-hybridized carbons (Fsp3) is 0.176. The van der Waals surface area contributed by atoms with Gasteiger partial charge in [-0.05, 0) is 18.6 Å². The molecule has 0 fully saturated rings. The minimum Gasteiger partial charge on any atom is -0.343 e. The Morgan fingerprint density at radius 1 is 1.16 bits per heavy atom. The average Bonchev–Trinajstić information content (AvgIpc) is 3.05. The molecule has 3 aromatic rings. The van der Waals surface area contributed by atoms with Crippen molar-refractivity contribution in [2.75, 3.05) is 10.8 Å². The lowest BCUT2D eigenvalue weighted by atomic mass is 10.2. The Morgan fingerprint density at radius 3 is 2.80 bits per heavy atom. The van der Waals surface area contributed by atoms with Gasteiger partial charge in [-0.1, -0.05) is 42.1 Å². The summed E-state index contributed by atoms with van der Waals surface area (Å²) < 4.78 is 2.00. The summed E-state index contributed by atoms with van der Waals surface area (Å²) in [5, 5.41) is 20.4. The summed E-state index contributed by atoms with van der Waals surface area (Å²) in [5.74, 6) is 1.43. The van der Waals surface area contributed by atoms with Gasteiger partial charge in [0.1, 0.15) is 0 Å². The molecule has 0 amide bonds. The van der Waals surface area contributed by atoms with E-state index in [0.717, 1.165) is 11.0 Å². The van der Waals surface area contributed by atoms with Crippen molar-refractivity contribution in [1.82, 2.24) is 14.8 Å². The lowest BCUT2D eigenvalue weighted by Crippen LogP contribution is -2.31. The monoisotopic (exact) mass is 353 g/mol. The van der Waals surface area contributed by atoms with Crippen LogP contribution in [0.3, 0.4) is 0 Å². The van der Waals surface area contributed by atoms with Gasteiger partial charge in [-0.15, -0.1) is 10.2 Å². The molecule has 0 atom stereocenters. The number of para-hydroxylation sites is 1. The summed E-state index contributed by atoms with van der Waals surface area (Å²) in [6.45, 7) is 2.70. The number of nitro benzene ring substituents is 1. The summed E-state index contributed by atoms with van der Waals surface area (Å²) in [6.07, 6.45) is 0. The quantitative estimate of drug-likeness (QED) is 0.528. The number of aromatic nitrogens is 3. The van der Waals surface area contributed by atoms with E-state index >= 15 is 0 Å². The zero-order valence-corrected chi connectivity index (χ0v) is 14.3. The summed E-state index contributed by atoms with van der Waals surface area (Å²) in [5.41, 5.74) is 3.12. The molecule has 1 aliphatic rings. The van der Waals surface area contributed by atoms with E-state index in [1.165, 1.54) is 23.4 Å². The van der Waals surface area contributed by atoms with Crippen LogP contribution in [0.25, 0.3) is 11.4 Å². The Balaban J connectivity index is 1.71. The number of nitro groups is 1. The van der Waals surface area contributed by atoms with Gasteiger partial charge >= 0.3 is 0 Å². The predicted octanol–water partition coefficient (Wildman–Crippen LogP) is 3.69. The highest BCUT2D eigenvalue weighted by Crippen LogP contribution is 2.33. The molecule has 25 heavy (non-hydrogen) atoms. The highest BCUT2D eigenvalue weighted by atomic mass is 32.2. The van der Waals surface area contributed by atoms with Gasteiger partial charge in [-0.25, -0.2) is 0 Å². The van der Waals surface area contributed by atoms with E-state index in [0.29, 0.717) is 18.1 Å². The van der Waals surface area contributed by atoms with Gasteiger partial charge < -0.3 is 4.90 Å². The van der Waals surface area contributed by atoms with Crippen LogP contribution in [0.1, 0.15) is 5.56 Å². The summed E-state index contributed by atoms with van der Waals surface area (Å²) in [4.78, 5) is 12.9. The Bertz CT molecular complexity index is 956. The van der Waals surface area contributed by atoms with E-state index in [9.17, 15) is 10.1 Å². The maximum Gasteiger partial charge on any atom is 0.270 e. The third-order valence-electron chi connectivity index (χ3n) is 4.15. The van der Waals surface area contributed by atoms with Gasteiger partial charge in [0.25, 0.3) is 5.69 Å². The average molecular weight is 353 g/mol. The Kier molecular flexibility index (Phi) is 3.89. The Labute approximate surface area is 148 Å². The van der Waals surface area contributed by atoms with E-state index in [1.807, 2.05) is 22.8 Å². The van der Waals surface area contributed by atoms with Crippen molar-refractivity contribution in [1.29, 1.82) is 0 Å². The first-order valence-corrected chi connectivity index (χ1v) is 8.73. The Morgan fingerprint density at radius 2 is 2.00 bits per heavy atom. The Hall–Kier alpha value is -2.87. The molecule has 7 nitrogen and oxygen atoms in total. The van der Waals surface area contributed by atoms with Gasteiger partial charge in [0, 0.05) is 23.4 Å². The molecule has 0 radical (unpaired) electrons. The van der Waals surface area contributed by atoms with E-state index in [4.69, 9.17) is 0 Å². The SMILES string of the molecule is Cc1ccccc1N1CSc2nnc(-c3cccc([N+](=O)[O-])c3)n2C1. The summed E-state index contributed by atoms with van der Waals surface area (Å²) in [6, 6.07) is 14.7. The topological polar surface area (TPSA) is 77.1 Å². The van der Waals surface area contributed by atoms with Crippen LogP contribution >= 0.6 is 11.8 Å². The molecule has 2 heterocycles. The van der Waals surface area contributed by atoms with Crippen molar-refractivity contribution in [3.05, 3.63) is 64.2 Å². The fourth-order valence-electron chi connectivity index (χ4n) is 2.91. The van der Waals surface area contributed by atoms with Crippen molar-refractivity contribution in [3.63, 3.8) is 0 Å². The third-order valence-corrected chi connectivity index (χ3v) is 5.15. The molecule has 0 bridgehead atoms. The molecule has 0 saturated heterocycles. The van der Waals surface area contributed by atoms with E-state index in [1.54, 1.807) is 17.8 Å². The molecule has 126 valence electrons. The molecule has 0 unspecified atom stereocenters. The molecule has 1 aliphatic heterocycles. The van der Waals surface area contributed by atoms with Crippen molar-refractivity contribution < 1.29 is 4.92 Å². The maximum absolute atomic E-state index is 11.0. The largest absolute Gasteiger partial charge is 0.343 e. The molecule has 4 rings (SSSR count). The van der Waals surface area contributed by atoms with Crippen molar-refractivity contribution in [2.45, 2.75) is 18.7 Å². The lowest BCUT2D eigenvalue weighted by molar-refractivity contribution is -0.384. The summed E-state index contributed by atoms with van der Waals surface area (Å²) >= 11 is 1.61. The van der Waals surface area contributed by atoms with Crippen LogP contribution in [0.4, 0.5) is 11.4 Å². The molecule has 0 aliphatic carbocycles. The van der Waals surface area contributed by atoms with Gasteiger partial charge in [-0.2, -0.15) is 0 Å². The number of nitrogens with zero attached hydrogens (tertiary/aromatic N) is 5. The number of non-ortho nitro benzene ring substituents is 1. The smallest absolute Gasteiger partial charge is 0.270 e. The van der Waals surface area contributed by atoms with Crippen LogP contribution in [0.2, 0.25) is 0 Å². The molecular weight excluding hydrogens is 338 g/mol. The normalized spacial score (nSPS) is 13.6. The van der Waals surface area contributed by atoms with Crippen molar-refractivity contribution >= 4 is 23.1 Å². The first-order chi connectivity index (χ1) is 12.1. The maximum atomic E-state index is 11.0. The van der Waals surface area contributed by atoms with E-state index in [-0.39, 0.29) is 5.69 Å². The standard InChI is InChI=1S/C17H15N5O2S/c1-12-5-2-3-8-15(12)20-10-21-16(18-19-17(21)25-11-20)13-6-4-7-14(9-13)22(23)24/h2-9H,10-11H2,1H3. The molecule has 0 saturated carbocycles. The molecular formula is C17H15N5O2S. The van der Waals surface area contributed by atoms with Gasteiger partial charge in [-0.3, -0.25) is 14.7 Å². The van der Waals surface area contributed by atoms with Gasteiger partial charge in [0.05, 0.1) is 17.5 Å². The van der Waals surface area contributed by atoms with E-state index < -0.39 is 4.92 Å². The second-order valence-electron chi connectivity index (χ2n) is 5.78. The highest BCUT2D eigenvalue weighted by molar-refractivity contribution is 7.99. The number of fused-ring (bicyclic) bond motifs is 1. The van der Waals surface area contributed by atoms with Gasteiger partial charge in [0.2, 0.25) is 0 Å². The van der Waals surface area contributed by atoms with Crippen LogP contribution in [-0.2, 0) is 6.67 Å². The minimum atomic E-state index is -0.397. The number of anilines is 1. The van der Waals surface area contributed by atoms with Crippen LogP contribution in [0.15, 0.2) is 53.7 Å². The molecule has 2 aromatic carbocycles. The highest BCUT2D eigenvalue weighted by Gasteiger charge is 2.24. The minimum absolute atomic E-state index is 0.0501.